The number of halogens is 2. The molecule has 0 amide bonds. The molecule has 1 N–H and O–H groups in total. The van der Waals surface area contributed by atoms with Crippen LogP contribution in [0.4, 0.5) is 0 Å². The van der Waals surface area contributed by atoms with Gasteiger partial charge in [0.25, 0.3) is 0 Å². The van der Waals surface area contributed by atoms with E-state index in [1.165, 1.54) is 0 Å². The van der Waals surface area contributed by atoms with Crippen molar-refractivity contribution in [1.82, 2.24) is 0 Å². The summed E-state index contributed by atoms with van der Waals surface area (Å²) >= 11 is 9.32. The fourth-order valence-electron chi connectivity index (χ4n) is 0.978. The third-order valence-corrected chi connectivity index (χ3v) is 3.46. The monoisotopic (exact) mass is 306 g/mol. The molecule has 0 fully saturated rings. The SMILES string of the molecule is CC(C)C(C)(O)COc1cc(Br)ccc1Cl. The van der Waals surface area contributed by atoms with Gasteiger partial charge in [-0.15, -0.1) is 0 Å². The first kappa shape index (κ1) is 13.8. The summed E-state index contributed by atoms with van der Waals surface area (Å²) in [7, 11) is 0. The van der Waals surface area contributed by atoms with Gasteiger partial charge < -0.3 is 9.84 Å². The Labute approximate surface area is 110 Å². The van der Waals surface area contributed by atoms with Gasteiger partial charge in [-0.25, -0.2) is 0 Å². The molecule has 1 unspecified atom stereocenters. The van der Waals surface area contributed by atoms with E-state index in [4.69, 9.17) is 16.3 Å². The molecule has 0 saturated heterocycles. The van der Waals surface area contributed by atoms with Crippen molar-refractivity contribution in [2.75, 3.05) is 6.61 Å². The Morgan fingerprint density at radius 2 is 2.12 bits per heavy atom. The summed E-state index contributed by atoms with van der Waals surface area (Å²) in [5, 5.41) is 10.6. The third-order valence-electron chi connectivity index (χ3n) is 2.66. The zero-order valence-corrected chi connectivity index (χ0v) is 12.0. The zero-order chi connectivity index (χ0) is 12.3. The van der Waals surface area contributed by atoms with Crippen molar-refractivity contribution in [2.24, 2.45) is 5.92 Å². The van der Waals surface area contributed by atoms with Crippen LogP contribution in [-0.2, 0) is 0 Å². The maximum atomic E-state index is 10.0. The van der Waals surface area contributed by atoms with Gasteiger partial charge in [-0.3, -0.25) is 0 Å². The van der Waals surface area contributed by atoms with E-state index in [1.54, 1.807) is 19.1 Å². The lowest BCUT2D eigenvalue weighted by atomic mass is 9.94. The van der Waals surface area contributed by atoms with E-state index in [9.17, 15) is 5.11 Å². The second-order valence-corrected chi connectivity index (χ2v) is 5.70. The Bertz CT molecular complexity index is 364. The van der Waals surface area contributed by atoms with E-state index < -0.39 is 5.60 Å². The maximum Gasteiger partial charge on any atom is 0.139 e. The predicted molar refractivity (Wildman–Crippen MR) is 70.1 cm³/mol. The van der Waals surface area contributed by atoms with Crippen molar-refractivity contribution in [2.45, 2.75) is 26.4 Å². The molecule has 1 aromatic carbocycles. The topological polar surface area (TPSA) is 29.5 Å². The Kier molecular flexibility index (Phi) is 4.65. The molecule has 0 aromatic heterocycles. The third kappa shape index (κ3) is 3.65. The van der Waals surface area contributed by atoms with Crippen LogP contribution in [-0.4, -0.2) is 17.3 Å². The number of ether oxygens (including phenoxy) is 1. The van der Waals surface area contributed by atoms with Crippen LogP contribution in [0.2, 0.25) is 5.02 Å². The molecule has 0 spiro atoms. The summed E-state index contributed by atoms with van der Waals surface area (Å²) in [5.41, 5.74) is -0.856. The summed E-state index contributed by atoms with van der Waals surface area (Å²) in [6.07, 6.45) is 0. The number of hydrogen-bond donors (Lipinski definition) is 1. The highest BCUT2D eigenvalue weighted by atomic mass is 79.9. The minimum absolute atomic E-state index is 0.124. The molecule has 4 heteroatoms. The molecule has 0 bridgehead atoms. The second kappa shape index (κ2) is 5.39. The van der Waals surface area contributed by atoms with Crippen LogP contribution in [0.15, 0.2) is 22.7 Å². The fraction of sp³-hybridized carbons (Fsp3) is 0.500. The van der Waals surface area contributed by atoms with Crippen molar-refractivity contribution in [3.8, 4) is 5.75 Å². The van der Waals surface area contributed by atoms with E-state index in [0.29, 0.717) is 10.8 Å². The average Bonchev–Trinajstić information content (AvgIpc) is 2.19. The quantitative estimate of drug-likeness (QED) is 0.914. The van der Waals surface area contributed by atoms with Crippen LogP contribution in [0.25, 0.3) is 0 Å². The van der Waals surface area contributed by atoms with Gasteiger partial charge >= 0.3 is 0 Å². The van der Waals surface area contributed by atoms with E-state index in [2.05, 4.69) is 15.9 Å². The van der Waals surface area contributed by atoms with Crippen molar-refractivity contribution >= 4 is 27.5 Å². The number of benzene rings is 1. The van der Waals surface area contributed by atoms with Crippen molar-refractivity contribution in [3.05, 3.63) is 27.7 Å². The first-order valence-corrected chi connectivity index (χ1v) is 6.30. The normalized spacial score (nSPS) is 14.9. The van der Waals surface area contributed by atoms with Crippen LogP contribution in [0.3, 0.4) is 0 Å². The minimum atomic E-state index is -0.856. The van der Waals surface area contributed by atoms with E-state index in [1.807, 2.05) is 19.9 Å². The van der Waals surface area contributed by atoms with E-state index in [-0.39, 0.29) is 12.5 Å². The van der Waals surface area contributed by atoms with Crippen molar-refractivity contribution < 1.29 is 9.84 Å². The first-order chi connectivity index (χ1) is 7.33. The van der Waals surface area contributed by atoms with Gasteiger partial charge in [-0.2, -0.15) is 0 Å². The molecule has 1 aromatic rings. The molecule has 0 saturated carbocycles. The number of hydrogen-bond acceptors (Lipinski definition) is 2. The lowest BCUT2D eigenvalue weighted by molar-refractivity contribution is -0.0266. The highest BCUT2D eigenvalue weighted by Gasteiger charge is 2.26. The molecule has 1 atom stereocenters. The average molecular weight is 308 g/mol. The lowest BCUT2D eigenvalue weighted by Gasteiger charge is -2.27. The molecule has 0 heterocycles. The van der Waals surface area contributed by atoms with Crippen molar-refractivity contribution in [1.29, 1.82) is 0 Å². The molecule has 2 nitrogen and oxygen atoms in total. The Hall–Kier alpha value is -0.250. The van der Waals surface area contributed by atoms with Gasteiger partial charge in [0.05, 0.1) is 10.6 Å². The number of aliphatic hydroxyl groups is 1. The van der Waals surface area contributed by atoms with E-state index in [0.717, 1.165) is 4.47 Å². The van der Waals surface area contributed by atoms with Gasteiger partial charge in [0.1, 0.15) is 12.4 Å². The lowest BCUT2D eigenvalue weighted by Crippen LogP contribution is -2.37. The van der Waals surface area contributed by atoms with Crippen LogP contribution in [0.1, 0.15) is 20.8 Å². The van der Waals surface area contributed by atoms with Gasteiger partial charge in [0.2, 0.25) is 0 Å². The molecule has 90 valence electrons. The van der Waals surface area contributed by atoms with Gasteiger partial charge in [-0.1, -0.05) is 41.4 Å². The summed E-state index contributed by atoms with van der Waals surface area (Å²) in [5.74, 6) is 0.704. The minimum Gasteiger partial charge on any atom is -0.489 e. The molecule has 0 aliphatic carbocycles. The van der Waals surface area contributed by atoms with E-state index >= 15 is 0 Å². The van der Waals surface area contributed by atoms with Crippen LogP contribution in [0, 0.1) is 5.92 Å². The fourth-order valence-corrected chi connectivity index (χ4v) is 1.49. The maximum absolute atomic E-state index is 10.0. The second-order valence-electron chi connectivity index (χ2n) is 4.38. The predicted octanol–water partition coefficient (Wildman–Crippen LogP) is 3.89. The first-order valence-electron chi connectivity index (χ1n) is 5.13. The Morgan fingerprint density at radius 1 is 1.50 bits per heavy atom. The Balaban J connectivity index is 2.71. The van der Waals surface area contributed by atoms with Crippen LogP contribution < -0.4 is 4.74 Å². The van der Waals surface area contributed by atoms with Crippen LogP contribution in [0.5, 0.6) is 5.75 Å². The summed E-state index contributed by atoms with van der Waals surface area (Å²) in [6, 6.07) is 5.39. The summed E-state index contributed by atoms with van der Waals surface area (Å²) < 4.78 is 6.43. The molecule has 1 rings (SSSR count). The molecule has 0 aliphatic rings. The molecular weight excluding hydrogens is 291 g/mol. The largest absolute Gasteiger partial charge is 0.489 e. The standard InChI is InChI=1S/C12H16BrClO2/c1-8(2)12(3,15)7-16-11-6-9(13)4-5-10(11)14/h4-6,8,15H,7H2,1-3H3. The van der Waals surface area contributed by atoms with Gasteiger partial charge in [0, 0.05) is 4.47 Å². The molecular formula is C12H16BrClO2. The number of rotatable bonds is 4. The highest BCUT2D eigenvalue weighted by molar-refractivity contribution is 9.10. The van der Waals surface area contributed by atoms with Gasteiger partial charge in [-0.05, 0) is 31.0 Å². The summed E-state index contributed by atoms with van der Waals surface area (Å²) in [6.45, 7) is 5.88. The smallest absolute Gasteiger partial charge is 0.139 e. The highest BCUT2D eigenvalue weighted by Crippen LogP contribution is 2.29. The van der Waals surface area contributed by atoms with Crippen LogP contribution >= 0.6 is 27.5 Å². The molecule has 16 heavy (non-hydrogen) atoms. The summed E-state index contributed by atoms with van der Waals surface area (Å²) in [4.78, 5) is 0. The van der Waals surface area contributed by atoms with Gasteiger partial charge in [0.15, 0.2) is 0 Å². The van der Waals surface area contributed by atoms with Crippen molar-refractivity contribution in [3.63, 3.8) is 0 Å². The Morgan fingerprint density at radius 3 is 2.69 bits per heavy atom. The zero-order valence-electron chi connectivity index (χ0n) is 9.63. The molecule has 0 radical (unpaired) electrons. The molecule has 0 aliphatic heterocycles.